The van der Waals surface area contributed by atoms with Gasteiger partial charge in [0.1, 0.15) is 22.8 Å². The Morgan fingerprint density at radius 2 is 1.60 bits per heavy atom. The molecule has 1 aliphatic heterocycles. The number of hydrogen-bond donors (Lipinski definition) is 1. The lowest BCUT2D eigenvalue weighted by atomic mass is 10.0. The van der Waals surface area contributed by atoms with E-state index in [9.17, 15) is 9.90 Å². The van der Waals surface area contributed by atoms with Crippen molar-refractivity contribution in [2.24, 2.45) is 0 Å². The number of aromatic hydroxyl groups is 1. The van der Waals surface area contributed by atoms with Crippen LogP contribution < -0.4 is 14.4 Å². The Morgan fingerprint density at radius 3 is 2.30 bits per heavy atom. The van der Waals surface area contributed by atoms with Gasteiger partial charge in [0.2, 0.25) is 5.78 Å². The zero-order chi connectivity index (χ0) is 28.6. The van der Waals surface area contributed by atoms with Gasteiger partial charge in [-0.2, -0.15) is 0 Å². The van der Waals surface area contributed by atoms with Gasteiger partial charge in [0.05, 0.1) is 25.6 Å². The zero-order valence-electron chi connectivity index (χ0n) is 23.1. The third kappa shape index (κ3) is 6.91. The van der Waals surface area contributed by atoms with E-state index in [0.29, 0.717) is 11.3 Å². The monoisotopic (exact) mass is 576 g/mol. The Kier molecular flexibility index (Phi) is 9.98. The van der Waals surface area contributed by atoms with Crippen LogP contribution >= 0.6 is 23.4 Å². The molecule has 0 radical (unpaired) electrons. The molecule has 8 heteroatoms. The molecule has 1 N–H and O–H groups in total. The van der Waals surface area contributed by atoms with Crippen molar-refractivity contribution in [3.05, 3.63) is 101 Å². The van der Waals surface area contributed by atoms with Gasteiger partial charge in [-0.15, -0.1) is 0 Å². The number of para-hydroxylation sites is 1. The predicted molar refractivity (Wildman–Crippen MR) is 163 cm³/mol. The van der Waals surface area contributed by atoms with Gasteiger partial charge in [-0.1, -0.05) is 65.8 Å². The molecular formula is C32H33ClN2O4S. The van der Waals surface area contributed by atoms with Crippen molar-refractivity contribution in [1.29, 1.82) is 0 Å². The second-order valence-electron chi connectivity index (χ2n) is 9.41. The van der Waals surface area contributed by atoms with Gasteiger partial charge in [-0.3, -0.25) is 4.79 Å². The normalized spacial score (nSPS) is 11.7. The fraction of sp³-hybridized carbons (Fsp3) is 0.219. The van der Waals surface area contributed by atoms with Crippen LogP contribution in [0.3, 0.4) is 0 Å². The number of benzene rings is 4. The van der Waals surface area contributed by atoms with E-state index in [1.54, 1.807) is 30.3 Å². The molecule has 1 heterocycles. The molecule has 0 unspecified atom stereocenters. The fourth-order valence-electron chi connectivity index (χ4n) is 4.41. The molecule has 5 rings (SSSR count). The molecule has 0 saturated heterocycles. The van der Waals surface area contributed by atoms with E-state index in [1.807, 2.05) is 23.9 Å². The molecule has 208 valence electrons. The number of carbonyl (C=O) groups is 1. The third-order valence-corrected chi connectivity index (χ3v) is 7.71. The molecule has 0 aliphatic carbocycles. The first-order valence-corrected chi connectivity index (χ1v) is 14.0. The maximum atomic E-state index is 12.4. The average molecular weight is 577 g/mol. The lowest BCUT2D eigenvalue weighted by Gasteiger charge is -2.33. The topological polar surface area (TPSA) is 62.2 Å². The van der Waals surface area contributed by atoms with E-state index in [-0.39, 0.29) is 22.8 Å². The summed E-state index contributed by atoms with van der Waals surface area (Å²) >= 11 is 8.03. The van der Waals surface area contributed by atoms with Crippen LogP contribution in [0.5, 0.6) is 17.2 Å². The number of phenols is 1. The first kappa shape index (κ1) is 29.3. The van der Waals surface area contributed by atoms with Crippen LogP contribution in [0.2, 0.25) is 5.02 Å². The van der Waals surface area contributed by atoms with Crippen molar-refractivity contribution in [2.75, 3.05) is 46.3 Å². The van der Waals surface area contributed by atoms with E-state index < -0.39 is 0 Å². The SMILES string of the molecule is CN(C)CCCN1c2ccccc2Sc2ccc(Cl)cc21.COc1cc(O)c(C(=O)c2ccccc2)c(OC)c1. The standard InChI is InChI=1S/C17H19ClN2S.C15H14O4/c1-19(2)10-5-11-20-14-6-3-4-7-16(14)21-17-9-8-13(18)12-15(17)20;1-18-11-8-12(16)14(13(9-11)19-2)15(17)10-6-4-3-5-7-10/h3-4,6-9,12H,5,10-11H2,1-2H3;3-9,16H,1-2H3. The Balaban J connectivity index is 0.000000186. The number of ketones is 1. The largest absolute Gasteiger partial charge is 0.507 e. The minimum atomic E-state index is -0.294. The van der Waals surface area contributed by atoms with Crippen LogP contribution in [0.15, 0.2) is 94.7 Å². The summed E-state index contributed by atoms with van der Waals surface area (Å²) in [5.41, 5.74) is 3.14. The summed E-state index contributed by atoms with van der Waals surface area (Å²) in [7, 11) is 7.15. The maximum absolute atomic E-state index is 12.4. The summed E-state index contributed by atoms with van der Waals surface area (Å²) in [6, 6.07) is 26.4. The van der Waals surface area contributed by atoms with Gasteiger partial charge < -0.3 is 24.4 Å². The van der Waals surface area contributed by atoms with Crippen molar-refractivity contribution < 1.29 is 19.4 Å². The van der Waals surface area contributed by atoms with Crippen LogP contribution in [0, 0.1) is 0 Å². The summed E-state index contributed by atoms with van der Waals surface area (Å²) in [5.74, 6) is 0.257. The smallest absolute Gasteiger partial charge is 0.200 e. The molecular weight excluding hydrogens is 544 g/mol. The highest BCUT2D eigenvalue weighted by Gasteiger charge is 2.23. The second-order valence-corrected chi connectivity index (χ2v) is 10.9. The number of fused-ring (bicyclic) bond motifs is 2. The summed E-state index contributed by atoms with van der Waals surface area (Å²) in [4.78, 5) is 19.6. The Labute approximate surface area is 245 Å². The molecule has 0 fully saturated rings. The molecule has 0 aromatic heterocycles. The van der Waals surface area contributed by atoms with Crippen LogP contribution in [0.4, 0.5) is 11.4 Å². The van der Waals surface area contributed by atoms with Gasteiger partial charge in [-0.25, -0.2) is 0 Å². The lowest BCUT2D eigenvalue weighted by Crippen LogP contribution is -2.25. The van der Waals surface area contributed by atoms with Gasteiger partial charge >= 0.3 is 0 Å². The molecule has 0 amide bonds. The minimum Gasteiger partial charge on any atom is -0.507 e. The van der Waals surface area contributed by atoms with Gasteiger partial charge in [0, 0.05) is 39.1 Å². The van der Waals surface area contributed by atoms with Crippen molar-refractivity contribution in [1.82, 2.24) is 4.90 Å². The van der Waals surface area contributed by atoms with Crippen molar-refractivity contribution >= 4 is 40.5 Å². The minimum absolute atomic E-state index is 0.134. The molecule has 0 spiro atoms. The first-order valence-electron chi connectivity index (χ1n) is 12.9. The van der Waals surface area contributed by atoms with Gasteiger partial charge in [0.15, 0.2) is 0 Å². The molecule has 0 saturated carbocycles. The van der Waals surface area contributed by atoms with Crippen LogP contribution in [0.25, 0.3) is 0 Å². The Hall–Kier alpha value is -3.65. The second kappa shape index (κ2) is 13.6. The van der Waals surface area contributed by atoms with Crippen molar-refractivity contribution in [3.8, 4) is 17.2 Å². The van der Waals surface area contributed by atoms with Gasteiger partial charge in [0.25, 0.3) is 0 Å². The number of ether oxygens (including phenoxy) is 2. The number of methoxy groups -OCH3 is 2. The van der Waals surface area contributed by atoms with Crippen molar-refractivity contribution in [3.63, 3.8) is 0 Å². The number of phenolic OH excluding ortho intramolecular Hbond substituents is 1. The van der Waals surface area contributed by atoms with E-state index >= 15 is 0 Å². The summed E-state index contributed by atoms with van der Waals surface area (Å²) in [6.45, 7) is 2.09. The molecule has 6 nitrogen and oxygen atoms in total. The molecule has 40 heavy (non-hydrogen) atoms. The summed E-state index contributed by atoms with van der Waals surface area (Å²) in [5, 5.41) is 10.8. The molecule has 0 bridgehead atoms. The average Bonchev–Trinajstić information content (AvgIpc) is 2.96. The first-order chi connectivity index (χ1) is 19.3. The molecule has 4 aromatic rings. The number of carbonyl (C=O) groups excluding carboxylic acids is 1. The quantitative estimate of drug-likeness (QED) is 0.217. The predicted octanol–water partition coefficient (Wildman–Crippen LogP) is 7.53. The highest BCUT2D eigenvalue weighted by Crippen LogP contribution is 2.48. The zero-order valence-corrected chi connectivity index (χ0v) is 24.6. The summed E-state index contributed by atoms with van der Waals surface area (Å²) in [6.07, 6.45) is 1.12. The van der Waals surface area contributed by atoms with Crippen LogP contribution in [-0.2, 0) is 0 Å². The fourth-order valence-corrected chi connectivity index (χ4v) is 5.65. The van der Waals surface area contributed by atoms with E-state index in [4.69, 9.17) is 21.1 Å². The van der Waals surface area contributed by atoms with Gasteiger partial charge in [-0.05, 0) is 57.4 Å². The molecule has 0 atom stereocenters. The van der Waals surface area contributed by atoms with E-state index in [1.165, 1.54) is 41.5 Å². The Bertz CT molecular complexity index is 1460. The molecule has 1 aliphatic rings. The highest BCUT2D eigenvalue weighted by molar-refractivity contribution is 7.99. The number of anilines is 2. The Morgan fingerprint density at radius 1 is 0.900 bits per heavy atom. The highest BCUT2D eigenvalue weighted by atomic mass is 35.5. The lowest BCUT2D eigenvalue weighted by molar-refractivity contribution is 0.103. The number of nitrogens with zero attached hydrogens (tertiary/aromatic N) is 2. The van der Waals surface area contributed by atoms with Crippen molar-refractivity contribution in [2.45, 2.75) is 16.2 Å². The van der Waals surface area contributed by atoms with Crippen LogP contribution in [-0.4, -0.2) is 57.2 Å². The number of halogens is 1. The van der Waals surface area contributed by atoms with E-state index in [2.05, 4.69) is 60.3 Å². The van der Waals surface area contributed by atoms with Crippen LogP contribution in [0.1, 0.15) is 22.3 Å². The molecule has 4 aromatic carbocycles. The number of rotatable bonds is 8. The number of hydrogen-bond acceptors (Lipinski definition) is 7. The maximum Gasteiger partial charge on any atom is 0.200 e. The van der Waals surface area contributed by atoms with E-state index in [0.717, 1.165) is 24.5 Å². The summed E-state index contributed by atoms with van der Waals surface area (Å²) < 4.78 is 10.2. The third-order valence-electron chi connectivity index (χ3n) is 6.35.